The van der Waals surface area contributed by atoms with Gasteiger partial charge in [-0.25, -0.2) is 4.98 Å². The third-order valence-electron chi connectivity index (χ3n) is 3.40. The first-order chi connectivity index (χ1) is 11.1. The number of hydrogen-bond acceptors (Lipinski definition) is 5. The number of pyridine rings is 1. The van der Waals surface area contributed by atoms with Gasteiger partial charge < -0.3 is 15.0 Å². The number of aromatic nitrogens is 2. The Hall–Kier alpha value is -2.51. The van der Waals surface area contributed by atoms with E-state index in [1.807, 2.05) is 0 Å². The lowest BCUT2D eigenvalue weighted by molar-refractivity contribution is 0.0903. The number of carbonyl (C=O) groups excluding carboxylic acids is 1. The van der Waals surface area contributed by atoms with Crippen molar-refractivity contribution in [2.24, 2.45) is 0 Å². The zero-order valence-electron chi connectivity index (χ0n) is 12.2. The van der Waals surface area contributed by atoms with Crippen LogP contribution in [0.4, 0.5) is 0 Å². The zero-order valence-corrected chi connectivity index (χ0v) is 13.0. The molecular weight excluding hydrogens is 314 g/mol. The Morgan fingerprint density at radius 3 is 3.04 bits per heavy atom. The van der Waals surface area contributed by atoms with Crippen LogP contribution in [0.15, 0.2) is 52.9 Å². The van der Waals surface area contributed by atoms with Crippen molar-refractivity contribution >= 4 is 27.5 Å². The summed E-state index contributed by atoms with van der Waals surface area (Å²) in [6, 6.07) is 10.1. The molecule has 0 aliphatic heterocycles. The normalized spacial score (nSPS) is 12.2. The maximum Gasteiger partial charge on any atom is 0.251 e. The van der Waals surface area contributed by atoms with Crippen molar-refractivity contribution in [2.75, 3.05) is 6.54 Å². The average molecular weight is 329 g/mol. The summed E-state index contributed by atoms with van der Waals surface area (Å²) in [5, 5.41) is 12.7. The van der Waals surface area contributed by atoms with E-state index in [0.717, 1.165) is 10.2 Å². The number of rotatable bonds is 5. The highest BCUT2D eigenvalue weighted by Gasteiger charge is 2.11. The third-order valence-corrected chi connectivity index (χ3v) is 4.19. The minimum absolute atomic E-state index is 0.0703. The number of nitrogens with zero attached hydrogens (tertiary/aromatic N) is 2. The molecule has 3 aromatic rings. The van der Waals surface area contributed by atoms with E-state index in [-0.39, 0.29) is 24.6 Å². The summed E-state index contributed by atoms with van der Waals surface area (Å²) in [6.45, 7) is 0.203. The van der Waals surface area contributed by atoms with Gasteiger partial charge in [0.25, 0.3) is 11.5 Å². The predicted octanol–water partition coefficient (Wildman–Crippen LogP) is 1.25. The Bertz CT molecular complexity index is 887. The van der Waals surface area contributed by atoms with E-state index in [2.05, 4.69) is 10.3 Å². The van der Waals surface area contributed by atoms with Gasteiger partial charge in [0.05, 0.1) is 28.4 Å². The van der Waals surface area contributed by atoms with Crippen LogP contribution in [0.2, 0.25) is 0 Å². The molecule has 6 nitrogen and oxygen atoms in total. The highest BCUT2D eigenvalue weighted by molar-refractivity contribution is 7.16. The maximum absolute atomic E-state index is 12.1. The summed E-state index contributed by atoms with van der Waals surface area (Å²) in [5.41, 5.74) is 2.92. The number of hydrogen-bond donors (Lipinski definition) is 2. The van der Waals surface area contributed by atoms with Gasteiger partial charge in [-0.3, -0.25) is 9.59 Å². The van der Waals surface area contributed by atoms with E-state index in [1.54, 1.807) is 42.0 Å². The van der Waals surface area contributed by atoms with E-state index < -0.39 is 6.10 Å². The standard InChI is InChI=1S/C16H15N3O3S/c20-12(9-19-6-2-1-3-15(19)21)8-17-16(22)11-4-5-13-14(7-11)23-10-18-13/h1-7,10,12,20H,8-9H2,(H,17,22)/t12-/m0/s1. The summed E-state index contributed by atoms with van der Waals surface area (Å²) < 4.78 is 2.34. The number of thiazole rings is 1. The number of amides is 1. The Labute approximate surface area is 136 Å². The topological polar surface area (TPSA) is 84.2 Å². The van der Waals surface area contributed by atoms with Crippen LogP contribution in [0.5, 0.6) is 0 Å². The summed E-state index contributed by atoms with van der Waals surface area (Å²) in [7, 11) is 0. The molecule has 1 amide bonds. The van der Waals surface area contributed by atoms with Crippen LogP contribution in [-0.2, 0) is 6.54 Å². The second-order valence-electron chi connectivity index (χ2n) is 5.09. The molecule has 1 atom stereocenters. The van der Waals surface area contributed by atoms with Crippen LogP contribution in [0, 0.1) is 0 Å². The highest BCUT2D eigenvalue weighted by Crippen LogP contribution is 2.18. The lowest BCUT2D eigenvalue weighted by Crippen LogP contribution is -2.36. The molecule has 0 fully saturated rings. The summed E-state index contributed by atoms with van der Waals surface area (Å²) in [5.74, 6) is -0.264. The summed E-state index contributed by atoms with van der Waals surface area (Å²) >= 11 is 1.47. The Balaban J connectivity index is 1.59. The van der Waals surface area contributed by atoms with Crippen LogP contribution in [-0.4, -0.2) is 33.2 Å². The SMILES string of the molecule is O=C(NC[C@H](O)Cn1ccccc1=O)c1ccc2ncsc2c1. The minimum Gasteiger partial charge on any atom is -0.389 e. The van der Waals surface area contributed by atoms with E-state index in [1.165, 1.54) is 22.0 Å². The molecular formula is C16H15N3O3S. The molecule has 0 aliphatic carbocycles. The van der Waals surface area contributed by atoms with Gasteiger partial charge in [-0.1, -0.05) is 6.07 Å². The predicted molar refractivity (Wildman–Crippen MR) is 88.7 cm³/mol. The van der Waals surface area contributed by atoms with Gasteiger partial charge in [0.2, 0.25) is 0 Å². The molecule has 0 spiro atoms. The second kappa shape index (κ2) is 6.72. The van der Waals surface area contributed by atoms with Crippen LogP contribution in [0.3, 0.4) is 0 Å². The van der Waals surface area contributed by atoms with Crippen LogP contribution >= 0.6 is 11.3 Å². The lowest BCUT2D eigenvalue weighted by Gasteiger charge is -2.13. The van der Waals surface area contributed by atoms with E-state index in [0.29, 0.717) is 5.56 Å². The molecule has 118 valence electrons. The number of carbonyl (C=O) groups is 1. The quantitative estimate of drug-likeness (QED) is 0.738. The monoisotopic (exact) mass is 329 g/mol. The molecule has 2 heterocycles. The molecule has 0 bridgehead atoms. The molecule has 7 heteroatoms. The first-order valence-electron chi connectivity index (χ1n) is 7.08. The first kappa shape index (κ1) is 15.4. The highest BCUT2D eigenvalue weighted by atomic mass is 32.1. The molecule has 2 N–H and O–H groups in total. The van der Waals surface area contributed by atoms with Crippen LogP contribution in [0.25, 0.3) is 10.2 Å². The number of nitrogens with one attached hydrogen (secondary N) is 1. The molecule has 23 heavy (non-hydrogen) atoms. The fraction of sp³-hybridized carbons (Fsp3) is 0.188. The average Bonchev–Trinajstić information content (AvgIpc) is 3.02. The Morgan fingerprint density at radius 2 is 2.22 bits per heavy atom. The molecule has 0 unspecified atom stereocenters. The van der Waals surface area contributed by atoms with Crippen molar-refractivity contribution < 1.29 is 9.90 Å². The molecule has 0 radical (unpaired) electrons. The second-order valence-corrected chi connectivity index (χ2v) is 5.98. The van der Waals surface area contributed by atoms with Gasteiger partial charge in [-0.05, 0) is 24.3 Å². The fourth-order valence-electron chi connectivity index (χ4n) is 2.21. The van der Waals surface area contributed by atoms with Crippen molar-refractivity contribution in [1.29, 1.82) is 0 Å². The molecule has 0 saturated heterocycles. The minimum atomic E-state index is -0.841. The van der Waals surface area contributed by atoms with E-state index in [4.69, 9.17) is 0 Å². The molecule has 0 aliphatic rings. The van der Waals surface area contributed by atoms with E-state index >= 15 is 0 Å². The van der Waals surface area contributed by atoms with Crippen LogP contribution < -0.4 is 10.9 Å². The van der Waals surface area contributed by atoms with Gasteiger partial charge in [-0.2, -0.15) is 0 Å². The molecule has 0 saturated carbocycles. The van der Waals surface area contributed by atoms with Gasteiger partial charge in [-0.15, -0.1) is 11.3 Å². The summed E-state index contributed by atoms with van der Waals surface area (Å²) in [6.07, 6.45) is 0.761. The summed E-state index contributed by atoms with van der Waals surface area (Å²) in [4.78, 5) is 27.9. The van der Waals surface area contributed by atoms with Crippen molar-refractivity contribution in [3.05, 3.63) is 64.0 Å². The van der Waals surface area contributed by atoms with Gasteiger partial charge in [0, 0.05) is 24.4 Å². The number of aliphatic hydroxyl groups is 1. The zero-order chi connectivity index (χ0) is 16.2. The van der Waals surface area contributed by atoms with E-state index in [9.17, 15) is 14.7 Å². The molecule has 1 aromatic carbocycles. The van der Waals surface area contributed by atoms with Crippen molar-refractivity contribution in [3.63, 3.8) is 0 Å². The molecule has 2 aromatic heterocycles. The number of fused-ring (bicyclic) bond motifs is 1. The van der Waals surface area contributed by atoms with Crippen LogP contribution in [0.1, 0.15) is 10.4 Å². The van der Waals surface area contributed by atoms with Gasteiger partial charge >= 0.3 is 0 Å². The molecule has 3 rings (SSSR count). The lowest BCUT2D eigenvalue weighted by atomic mass is 10.2. The maximum atomic E-state index is 12.1. The van der Waals surface area contributed by atoms with Gasteiger partial charge in [0.15, 0.2) is 0 Å². The largest absolute Gasteiger partial charge is 0.389 e. The first-order valence-corrected chi connectivity index (χ1v) is 7.96. The number of benzene rings is 1. The third kappa shape index (κ3) is 3.64. The number of aliphatic hydroxyl groups excluding tert-OH is 1. The Morgan fingerprint density at radius 1 is 1.35 bits per heavy atom. The van der Waals surface area contributed by atoms with Gasteiger partial charge in [0.1, 0.15) is 0 Å². The van der Waals surface area contributed by atoms with Crippen molar-refractivity contribution in [2.45, 2.75) is 12.6 Å². The van der Waals surface area contributed by atoms with Crippen molar-refractivity contribution in [1.82, 2.24) is 14.9 Å². The van der Waals surface area contributed by atoms with Crippen molar-refractivity contribution in [3.8, 4) is 0 Å². The Kier molecular flexibility index (Phi) is 4.50. The smallest absolute Gasteiger partial charge is 0.251 e. The fourth-order valence-corrected chi connectivity index (χ4v) is 2.93.